The first kappa shape index (κ1) is 22.5. The van der Waals surface area contributed by atoms with Gasteiger partial charge in [-0.05, 0) is 44.4 Å². The normalized spacial score (nSPS) is 19.7. The van der Waals surface area contributed by atoms with Gasteiger partial charge in [0.15, 0.2) is 0 Å². The SMILES string of the molecule is CC(C)N1C(=O)c2ccc(C(=O)N3CCN(C(=O)CCC4CCCCC4)CC3)cc2C1=O. The van der Waals surface area contributed by atoms with Gasteiger partial charge in [0, 0.05) is 44.2 Å². The van der Waals surface area contributed by atoms with Crippen LogP contribution in [0, 0.1) is 5.92 Å². The molecule has 1 aromatic carbocycles. The third-order valence-electron chi connectivity index (χ3n) is 7.09. The Morgan fingerprint density at radius 1 is 0.906 bits per heavy atom. The van der Waals surface area contributed by atoms with E-state index in [0.717, 1.165) is 6.42 Å². The van der Waals surface area contributed by atoms with Gasteiger partial charge in [-0.3, -0.25) is 24.1 Å². The number of carbonyl (C=O) groups is 4. The third kappa shape index (κ3) is 4.43. The summed E-state index contributed by atoms with van der Waals surface area (Å²) in [5, 5.41) is 0. The van der Waals surface area contributed by atoms with E-state index in [0.29, 0.717) is 55.2 Å². The molecule has 0 unspecified atom stereocenters. The van der Waals surface area contributed by atoms with Crippen molar-refractivity contribution in [3.8, 4) is 0 Å². The number of hydrogen-bond acceptors (Lipinski definition) is 4. The summed E-state index contributed by atoms with van der Waals surface area (Å²) in [6.07, 6.45) is 7.98. The Morgan fingerprint density at radius 3 is 2.19 bits per heavy atom. The van der Waals surface area contributed by atoms with Crippen LogP contribution >= 0.6 is 0 Å². The monoisotopic (exact) mass is 439 g/mol. The highest BCUT2D eigenvalue weighted by Gasteiger charge is 2.38. The first-order valence-corrected chi connectivity index (χ1v) is 12.0. The Morgan fingerprint density at radius 2 is 1.53 bits per heavy atom. The Kier molecular flexibility index (Phi) is 6.63. The van der Waals surface area contributed by atoms with Crippen molar-refractivity contribution < 1.29 is 19.2 Å². The predicted octanol–water partition coefficient (Wildman–Crippen LogP) is 3.34. The van der Waals surface area contributed by atoms with Gasteiger partial charge in [-0.15, -0.1) is 0 Å². The van der Waals surface area contributed by atoms with Gasteiger partial charge in [0.05, 0.1) is 11.1 Å². The highest BCUT2D eigenvalue weighted by atomic mass is 16.2. The van der Waals surface area contributed by atoms with E-state index in [9.17, 15) is 19.2 Å². The Labute approximate surface area is 189 Å². The highest BCUT2D eigenvalue weighted by molar-refractivity contribution is 6.22. The van der Waals surface area contributed by atoms with Crippen LogP contribution in [0.5, 0.6) is 0 Å². The van der Waals surface area contributed by atoms with Crippen molar-refractivity contribution in [1.82, 2.24) is 14.7 Å². The molecule has 3 aliphatic rings. The van der Waals surface area contributed by atoms with Crippen molar-refractivity contribution >= 4 is 23.6 Å². The largest absolute Gasteiger partial charge is 0.339 e. The fourth-order valence-electron chi connectivity index (χ4n) is 5.16. The van der Waals surface area contributed by atoms with Gasteiger partial charge in [0.1, 0.15) is 0 Å². The molecule has 1 aliphatic carbocycles. The van der Waals surface area contributed by atoms with Crippen LogP contribution in [0.3, 0.4) is 0 Å². The van der Waals surface area contributed by atoms with Crippen molar-refractivity contribution in [2.24, 2.45) is 5.92 Å². The average Bonchev–Trinajstić information content (AvgIpc) is 3.07. The molecular weight excluding hydrogens is 406 g/mol. The molecule has 1 saturated heterocycles. The Balaban J connectivity index is 1.33. The quantitative estimate of drug-likeness (QED) is 0.660. The van der Waals surface area contributed by atoms with Crippen LogP contribution in [0.15, 0.2) is 18.2 Å². The van der Waals surface area contributed by atoms with Gasteiger partial charge in [0.25, 0.3) is 17.7 Å². The molecule has 0 atom stereocenters. The van der Waals surface area contributed by atoms with Gasteiger partial charge in [-0.1, -0.05) is 32.1 Å². The van der Waals surface area contributed by atoms with Crippen LogP contribution in [0.25, 0.3) is 0 Å². The molecule has 4 amide bonds. The molecule has 4 rings (SSSR count). The first-order chi connectivity index (χ1) is 15.4. The standard InChI is InChI=1S/C25H33N3O4/c1-17(2)28-24(31)20-10-9-19(16-21(20)25(28)32)23(30)27-14-12-26(13-15-27)22(29)11-8-18-6-4-3-5-7-18/h9-10,16-18H,3-8,11-15H2,1-2H3. The summed E-state index contributed by atoms with van der Waals surface area (Å²) >= 11 is 0. The number of benzene rings is 1. The van der Waals surface area contributed by atoms with E-state index >= 15 is 0 Å². The number of piperazine rings is 1. The summed E-state index contributed by atoms with van der Waals surface area (Å²) in [6.45, 7) is 5.64. The number of imide groups is 1. The minimum atomic E-state index is -0.344. The Hall–Kier alpha value is -2.70. The molecule has 172 valence electrons. The zero-order valence-corrected chi connectivity index (χ0v) is 19.1. The molecule has 2 heterocycles. The minimum absolute atomic E-state index is 0.162. The van der Waals surface area contributed by atoms with Crippen LogP contribution in [-0.2, 0) is 4.79 Å². The topological polar surface area (TPSA) is 78.0 Å². The fourth-order valence-corrected chi connectivity index (χ4v) is 5.16. The predicted molar refractivity (Wildman–Crippen MR) is 120 cm³/mol. The van der Waals surface area contributed by atoms with E-state index in [-0.39, 0.29) is 29.7 Å². The van der Waals surface area contributed by atoms with Crippen molar-refractivity contribution in [2.75, 3.05) is 26.2 Å². The second kappa shape index (κ2) is 9.43. The maximum absolute atomic E-state index is 13.0. The molecule has 0 aromatic heterocycles. The molecular formula is C25H33N3O4. The average molecular weight is 440 g/mol. The van der Waals surface area contributed by atoms with Crippen LogP contribution in [0.4, 0.5) is 0 Å². The lowest BCUT2D eigenvalue weighted by atomic mass is 9.86. The summed E-state index contributed by atoms with van der Waals surface area (Å²) in [6, 6.07) is 4.51. The van der Waals surface area contributed by atoms with Crippen molar-refractivity contribution in [3.05, 3.63) is 34.9 Å². The molecule has 7 heteroatoms. The summed E-state index contributed by atoms with van der Waals surface area (Å²) in [5.74, 6) is 0.0717. The number of amides is 4. The van der Waals surface area contributed by atoms with E-state index < -0.39 is 0 Å². The van der Waals surface area contributed by atoms with Gasteiger partial charge in [0.2, 0.25) is 5.91 Å². The van der Waals surface area contributed by atoms with E-state index in [4.69, 9.17) is 0 Å². The van der Waals surface area contributed by atoms with Gasteiger partial charge in [-0.25, -0.2) is 0 Å². The van der Waals surface area contributed by atoms with Crippen LogP contribution in [0.1, 0.15) is 89.9 Å². The summed E-state index contributed by atoms with van der Waals surface area (Å²) in [5.41, 5.74) is 1.06. The number of fused-ring (bicyclic) bond motifs is 1. The lowest BCUT2D eigenvalue weighted by Gasteiger charge is -2.35. The summed E-state index contributed by atoms with van der Waals surface area (Å²) in [4.78, 5) is 55.6. The van der Waals surface area contributed by atoms with Gasteiger partial charge >= 0.3 is 0 Å². The molecule has 1 aromatic rings. The lowest BCUT2D eigenvalue weighted by Crippen LogP contribution is -2.50. The fraction of sp³-hybridized carbons (Fsp3) is 0.600. The molecule has 7 nitrogen and oxygen atoms in total. The molecule has 0 radical (unpaired) electrons. The second-order valence-corrected chi connectivity index (χ2v) is 9.55. The van der Waals surface area contributed by atoms with Crippen LogP contribution < -0.4 is 0 Å². The second-order valence-electron chi connectivity index (χ2n) is 9.55. The zero-order chi connectivity index (χ0) is 22.8. The molecule has 1 saturated carbocycles. The lowest BCUT2D eigenvalue weighted by molar-refractivity contribution is -0.133. The molecule has 0 spiro atoms. The number of hydrogen-bond donors (Lipinski definition) is 0. The van der Waals surface area contributed by atoms with E-state index in [1.807, 2.05) is 4.90 Å². The molecule has 0 bridgehead atoms. The number of rotatable bonds is 5. The number of carbonyl (C=O) groups excluding carboxylic acids is 4. The third-order valence-corrected chi connectivity index (χ3v) is 7.09. The summed E-state index contributed by atoms with van der Waals surface area (Å²) < 4.78 is 0. The van der Waals surface area contributed by atoms with E-state index in [1.165, 1.54) is 37.0 Å². The maximum atomic E-state index is 13.0. The van der Waals surface area contributed by atoms with Crippen molar-refractivity contribution in [2.45, 2.75) is 64.8 Å². The molecule has 0 N–H and O–H groups in total. The zero-order valence-electron chi connectivity index (χ0n) is 19.1. The van der Waals surface area contributed by atoms with Crippen LogP contribution in [0.2, 0.25) is 0 Å². The van der Waals surface area contributed by atoms with E-state index in [1.54, 1.807) is 36.9 Å². The smallest absolute Gasteiger partial charge is 0.261 e. The Bertz CT molecular complexity index is 912. The minimum Gasteiger partial charge on any atom is -0.339 e. The van der Waals surface area contributed by atoms with Gasteiger partial charge in [-0.2, -0.15) is 0 Å². The first-order valence-electron chi connectivity index (χ1n) is 12.0. The van der Waals surface area contributed by atoms with Crippen LogP contribution in [-0.4, -0.2) is 70.5 Å². The van der Waals surface area contributed by atoms with Crippen molar-refractivity contribution in [3.63, 3.8) is 0 Å². The maximum Gasteiger partial charge on any atom is 0.261 e. The van der Waals surface area contributed by atoms with Gasteiger partial charge < -0.3 is 9.80 Å². The number of nitrogens with zero attached hydrogens (tertiary/aromatic N) is 3. The molecule has 2 fully saturated rings. The highest BCUT2D eigenvalue weighted by Crippen LogP contribution is 2.28. The molecule has 2 aliphatic heterocycles. The van der Waals surface area contributed by atoms with Crippen molar-refractivity contribution in [1.29, 1.82) is 0 Å². The molecule has 32 heavy (non-hydrogen) atoms. The summed E-state index contributed by atoms with van der Waals surface area (Å²) in [7, 11) is 0. The van der Waals surface area contributed by atoms with E-state index in [2.05, 4.69) is 0 Å².